The van der Waals surface area contributed by atoms with Crippen LogP contribution in [0.25, 0.3) is 0 Å². The molecule has 0 spiro atoms. The first kappa shape index (κ1) is 18.0. The van der Waals surface area contributed by atoms with Gasteiger partial charge in [-0.2, -0.15) is 0 Å². The van der Waals surface area contributed by atoms with E-state index in [0.29, 0.717) is 16.5 Å². The van der Waals surface area contributed by atoms with Crippen molar-refractivity contribution in [3.05, 3.63) is 84.7 Å². The second-order valence-electron chi connectivity index (χ2n) is 6.73. The number of aromatic amines is 1. The Labute approximate surface area is 173 Å². The van der Waals surface area contributed by atoms with Crippen LogP contribution in [0.2, 0.25) is 0 Å². The van der Waals surface area contributed by atoms with E-state index in [4.69, 9.17) is 4.74 Å². The highest BCUT2D eigenvalue weighted by atomic mass is 32.2. The molecule has 0 saturated carbocycles. The number of carbonyl (C=O) groups is 2. The lowest BCUT2D eigenvalue weighted by Gasteiger charge is -2.31. The monoisotopic (exact) mass is 422 g/mol. The van der Waals surface area contributed by atoms with Crippen LogP contribution in [0.5, 0.6) is 5.75 Å². The minimum Gasteiger partial charge on any atom is -0.423 e. The molecule has 8 heteroatoms. The van der Waals surface area contributed by atoms with Crippen molar-refractivity contribution in [2.75, 3.05) is 5.32 Å². The third kappa shape index (κ3) is 3.01. The molecule has 1 amide bonds. The lowest BCUT2D eigenvalue weighted by molar-refractivity contribution is -0.131. The largest absolute Gasteiger partial charge is 0.423 e. The van der Waals surface area contributed by atoms with Crippen LogP contribution >= 0.6 is 23.1 Å². The number of H-pyrrole nitrogens is 1. The minimum absolute atomic E-state index is 0.224. The number of esters is 1. The van der Waals surface area contributed by atoms with Crippen molar-refractivity contribution in [1.82, 2.24) is 4.98 Å². The van der Waals surface area contributed by atoms with Gasteiger partial charge in [-0.25, -0.2) is 4.79 Å². The van der Waals surface area contributed by atoms with Crippen molar-refractivity contribution in [2.24, 2.45) is 0 Å². The predicted molar refractivity (Wildman–Crippen MR) is 112 cm³/mol. The highest BCUT2D eigenvalue weighted by Crippen LogP contribution is 2.52. The molecule has 1 aromatic heterocycles. The summed E-state index contributed by atoms with van der Waals surface area (Å²) in [6.45, 7) is 1.96. The normalized spacial score (nSPS) is 17.1. The molecular weight excluding hydrogens is 408 g/mol. The number of thiazole rings is 1. The van der Waals surface area contributed by atoms with Crippen molar-refractivity contribution in [2.45, 2.75) is 17.9 Å². The van der Waals surface area contributed by atoms with Gasteiger partial charge in [0.15, 0.2) is 0 Å². The van der Waals surface area contributed by atoms with Gasteiger partial charge in [0.25, 0.3) is 5.91 Å². The van der Waals surface area contributed by atoms with E-state index in [1.807, 2.05) is 31.2 Å². The summed E-state index contributed by atoms with van der Waals surface area (Å²) in [6.07, 6.45) is 0. The van der Waals surface area contributed by atoms with E-state index in [0.717, 1.165) is 39.1 Å². The van der Waals surface area contributed by atoms with Crippen molar-refractivity contribution < 1.29 is 14.3 Å². The van der Waals surface area contributed by atoms with E-state index < -0.39 is 17.8 Å². The number of hydrogen-bond donors (Lipinski definition) is 2. The van der Waals surface area contributed by atoms with Crippen molar-refractivity contribution >= 4 is 40.7 Å². The highest BCUT2D eigenvalue weighted by Gasteiger charge is 2.43. The second kappa shape index (κ2) is 6.75. The van der Waals surface area contributed by atoms with Crippen LogP contribution in [0.3, 0.4) is 0 Å². The Hall–Kier alpha value is -3.10. The first-order chi connectivity index (χ1) is 14.0. The molecule has 3 aromatic rings. The molecule has 0 saturated heterocycles. The number of anilines is 1. The summed E-state index contributed by atoms with van der Waals surface area (Å²) in [4.78, 5) is 41.5. The fourth-order valence-electron chi connectivity index (χ4n) is 3.48. The molecule has 1 atom stereocenters. The van der Waals surface area contributed by atoms with Crippen LogP contribution in [-0.4, -0.2) is 16.9 Å². The first-order valence-corrected chi connectivity index (χ1v) is 10.5. The van der Waals surface area contributed by atoms with Crippen LogP contribution in [0, 0.1) is 6.92 Å². The van der Waals surface area contributed by atoms with Crippen LogP contribution in [-0.2, 0) is 9.59 Å². The Bertz CT molecular complexity index is 1250. The molecule has 6 nitrogen and oxygen atoms in total. The van der Waals surface area contributed by atoms with E-state index in [-0.39, 0.29) is 15.4 Å². The summed E-state index contributed by atoms with van der Waals surface area (Å²) in [7, 11) is 0. The fraction of sp³-hybridized carbons (Fsp3) is 0.0952. The van der Waals surface area contributed by atoms with Gasteiger partial charge in [0, 0.05) is 11.3 Å². The van der Waals surface area contributed by atoms with Crippen molar-refractivity contribution in [1.29, 1.82) is 0 Å². The number of carbonyl (C=O) groups excluding carboxylic acids is 2. The van der Waals surface area contributed by atoms with Gasteiger partial charge >= 0.3 is 10.8 Å². The van der Waals surface area contributed by atoms with E-state index >= 15 is 0 Å². The minimum atomic E-state index is -0.568. The van der Waals surface area contributed by atoms with E-state index in [9.17, 15) is 14.4 Å². The lowest BCUT2D eigenvalue weighted by atomic mass is 9.86. The first-order valence-electron chi connectivity index (χ1n) is 8.85. The zero-order chi connectivity index (χ0) is 20.1. The number of para-hydroxylation sites is 1. The van der Waals surface area contributed by atoms with Crippen LogP contribution in [0.1, 0.15) is 21.9 Å². The maximum Gasteiger partial charge on any atom is 0.341 e. The molecule has 144 valence electrons. The van der Waals surface area contributed by atoms with Crippen LogP contribution in [0.15, 0.2) is 68.8 Å². The average molecular weight is 422 g/mol. The number of aromatic nitrogens is 1. The second-order valence-corrected chi connectivity index (χ2v) is 8.77. The zero-order valence-electron chi connectivity index (χ0n) is 15.1. The quantitative estimate of drug-likeness (QED) is 0.485. The number of fused-ring (bicyclic) bond motifs is 5. The van der Waals surface area contributed by atoms with Gasteiger partial charge in [-0.05, 0) is 25.1 Å². The van der Waals surface area contributed by atoms with Gasteiger partial charge in [0.2, 0.25) is 0 Å². The molecule has 3 heterocycles. The van der Waals surface area contributed by atoms with Gasteiger partial charge in [-0.15, -0.1) is 0 Å². The Balaban J connectivity index is 1.64. The van der Waals surface area contributed by atoms with Crippen molar-refractivity contribution in [3.63, 3.8) is 0 Å². The van der Waals surface area contributed by atoms with E-state index in [2.05, 4.69) is 10.3 Å². The smallest absolute Gasteiger partial charge is 0.341 e. The fourth-order valence-corrected chi connectivity index (χ4v) is 5.67. The maximum absolute atomic E-state index is 13.1. The average Bonchev–Trinajstić information content (AvgIpc) is 3.09. The molecule has 2 aliphatic rings. The standard InChI is InChI=1S/C21H14N2O4S2/c1-10-6-8-11(9-7-10)22-18(24)16-15-14(17-19(28-16)23-21(26)29-17)12-4-2-3-5-13(12)27-20(15)25/h2-9,14H,1H3,(H,22,24)(H,23,26)/t14-/m1/s1. The van der Waals surface area contributed by atoms with Crippen LogP contribution in [0.4, 0.5) is 5.69 Å². The molecule has 0 aliphatic carbocycles. The number of hydrogen-bond acceptors (Lipinski definition) is 6. The summed E-state index contributed by atoms with van der Waals surface area (Å²) >= 11 is 2.15. The number of thioether (sulfide) groups is 1. The number of benzene rings is 2. The molecule has 0 radical (unpaired) electrons. The lowest BCUT2D eigenvalue weighted by Crippen LogP contribution is -2.30. The third-order valence-electron chi connectivity index (χ3n) is 4.81. The van der Waals surface area contributed by atoms with Gasteiger partial charge in [0.05, 0.1) is 26.3 Å². The third-order valence-corrected chi connectivity index (χ3v) is 7.02. The number of amides is 1. The summed E-state index contributed by atoms with van der Waals surface area (Å²) in [5.74, 6) is -1.04. The number of ether oxygens (including phenoxy) is 1. The molecule has 0 fully saturated rings. The Morgan fingerprint density at radius 2 is 1.86 bits per heavy atom. The molecule has 5 rings (SSSR count). The summed E-state index contributed by atoms with van der Waals surface area (Å²) in [5.41, 5.74) is 2.73. The van der Waals surface area contributed by atoms with Crippen molar-refractivity contribution in [3.8, 4) is 5.75 Å². The highest BCUT2D eigenvalue weighted by molar-refractivity contribution is 8.04. The van der Waals surface area contributed by atoms with E-state index in [1.54, 1.807) is 24.3 Å². The Morgan fingerprint density at radius 1 is 1.10 bits per heavy atom. The summed E-state index contributed by atoms with van der Waals surface area (Å²) in [5, 5.41) is 3.43. The van der Waals surface area contributed by atoms with Crippen LogP contribution < -0.4 is 14.9 Å². The summed E-state index contributed by atoms with van der Waals surface area (Å²) < 4.78 is 5.50. The Kier molecular flexibility index (Phi) is 4.18. The topological polar surface area (TPSA) is 88.3 Å². The molecule has 2 N–H and O–H groups in total. The number of nitrogens with one attached hydrogen (secondary N) is 2. The van der Waals surface area contributed by atoms with Gasteiger partial charge in [-0.3, -0.25) is 9.59 Å². The Morgan fingerprint density at radius 3 is 2.66 bits per heavy atom. The van der Waals surface area contributed by atoms with Gasteiger partial charge < -0.3 is 15.0 Å². The number of rotatable bonds is 2. The van der Waals surface area contributed by atoms with Gasteiger partial charge in [-0.1, -0.05) is 59.0 Å². The maximum atomic E-state index is 13.1. The molecule has 0 unspecified atom stereocenters. The number of aryl methyl sites for hydroxylation is 1. The zero-order valence-corrected chi connectivity index (χ0v) is 16.8. The molecule has 0 bridgehead atoms. The SMILES string of the molecule is Cc1ccc(NC(=O)C2=C3C(=O)Oc4ccccc4[C@H]3c3sc(=O)[nH]c3S2)cc1. The van der Waals surface area contributed by atoms with E-state index in [1.165, 1.54) is 0 Å². The van der Waals surface area contributed by atoms with Gasteiger partial charge in [0.1, 0.15) is 5.75 Å². The molecule has 2 aliphatic heterocycles. The summed E-state index contributed by atoms with van der Waals surface area (Å²) in [6, 6.07) is 14.6. The predicted octanol–water partition coefficient (Wildman–Crippen LogP) is 3.79. The molecule has 2 aromatic carbocycles. The molecule has 29 heavy (non-hydrogen) atoms. The molecular formula is C21H14N2O4S2.